The number of benzene rings is 1. The number of hydrogen-bond acceptors (Lipinski definition) is 4. The van der Waals surface area contributed by atoms with Crippen molar-refractivity contribution in [2.24, 2.45) is 5.16 Å². The topological polar surface area (TPSA) is 45.1 Å². The molecule has 0 spiro atoms. The van der Waals surface area contributed by atoms with Crippen molar-refractivity contribution in [2.45, 2.75) is 6.42 Å². The van der Waals surface area contributed by atoms with Crippen molar-refractivity contribution < 1.29 is 9.94 Å². The average Bonchev–Trinajstić information content (AvgIpc) is 2.27. The van der Waals surface area contributed by atoms with E-state index in [4.69, 9.17) is 9.94 Å². The van der Waals surface area contributed by atoms with Crippen LogP contribution in [0.5, 0.6) is 5.75 Å². The minimum atomic E-state index is 0. The van der Waals surface area contributed by atoms with Crippen LogP contribution in [0.1, 0.15) is 12.0 Å². The van der Waals surface area contributed by atoms with Crippen molar-refractivity contribution >= 4 is 18.6 Å². The number of rotatable bonds is 6. The van der Waals surface area contributed by atoms with Gasteiger partial charge in [0.2, 0.25) is 0 Å². The van der Waals surface area contributed by atoms with Gasteiger partial charge in [0.05, 0.1) is 12.8 Å². The Labute approximate surface area is 108 Å². The van der Waals surface area contributed by atoms with Crippen LogP contribution in [0, 0.1) is 0 Å². The Bertz CT molecular complexity index is 326. The molecule has 0 unspecified atom stereocenters. The minimum Gasteiger partial charge on any atom is -0.494 e. The van der Waals surface area contributed by atoms with Crippen LogP contribution in [0.3, 0.4) is 0 Å². The normalized spacial score (nSPS) is 10.5. The summed E-state index contributed by atoms with van der Waals surface area (Å²) in [5.41, 5.74) is 0.850. The zero-order valence-electron chi connectivity index (χ0n) is 10.2. The molecule has 0 heterocycles. The number of halogens is 1. The molecule has 0 aliphatic heterocycles. The summed E-state index contributed by atoms with van der Waals surface area (Å²) < 4.78 is 5.56. The van der Waals surface area contributed by atoms with Crippen molar-refractivity contribution in [3.8, 4) is 5.75 Å². The first kappa shape index (κ1) is 15.7. The molecule has 0 bridgehead atoms. The van der Waals surface area contributed by atoms with E-state index in [0.29, 0.717) is 6.61 Å². The summed E-state index contributed by atoms with van der Waals surface area (Å²) in [6.07, 6.45) is 2.39. The van der Waals surface area contributed by atoms with Gasteiger partial charge in [0, 0.05) is 6.54 Å². The summed E-state index contributed by atoms with van der Waals surface area (Å²) in [6.45, 7) is 1.74. The first-order chi connectivity index (χ1) is 7.72. The molecule has 0 aromatic heterocycles. The lowest BCUT2D eigenvalue weighted by atomic mass is 10.2. The maximum atomic E-state index is 8.35. The Morgan fingerprint density at radius 2 is 1.94 bits per heavy atom. The van der Waals surface area contributed by atoms with E-state index in [0.717, 1.165) is 24.3 Å². The second kappa shape index (κ2) is 8.84. The Kier molecular flexibility index (Phi) is 8.19. The number of hydrogen-bond donors (Lipinski definition) is 1. The van der Waals surface area contributed by atoms with Crippen molar-refractivity contribution in [3.05, 3.63) is 29.8 Å². The Balaban J connectivity index is 0.00000256. The van der Waals surface area contributed by atoms with E-state index in [-0.39, 0.29) is 12.4 Å². The van der Waals surface area contributed by atoms with E-state index in [9.17, 15) is 0 Å². The van der Waals surface area contributed by atoms with E-state index < -0.39 is 0 Å². The summed E-state index contributed by atoms with van der Waals surface area (Å²) in [5, 5.41) is 11.3. The van der Waals surface area contributed by atoms with Crippen LogP contribution in [-0.2, 0) is 0 Å². The molecule has 0 saturated carbocycles. The van der Waals surface area contributed by atoms with Crippen molar-refractivity contribution in [2.75, 3.05) is 27.2 Å². The Hall–Kier alpha value is -1.26. The maximum Gasteiger partial charge on any atom is 0.119 e. The molecule has 5 heteroatoms. The van der Waals surface area contributed by atoms with Gasteiger partial charge in [0.15, 0.2) is 0 Å². The summed E-state index contributed by atoms with van der Waals surface area (Å²) in [6, 6.07) is 7.43. The van der Waals surface area contributed by atoms with Crippen LogP contribution in [0.25, 0.3) is 0 Å². The molecular weight excluding hydrogens is 240 g/mol. The van der Waals surface area contributed by atoms with Gasteiger partial charge in [-0.1, -0.05) is 5.16 Å². The van der Waals surface area contributed by atoms with E-state index in [1.54, 1.807) is 0 Å². The van der Waals surface area contributed by atoms with Gasteiger partial charge in [0.25, 0.3) is 0 Å². The van der Waals surface area contributed by atoms with E-state index >= 15 is 0 Å². The maximum absolute atomic E-state index is 8.35. The van der Waals surface area contributed by atoms with Crippen LogP contribution in [0.2, 0.25) is 0 Å². The molecule has 0 radical (unpaired) electrons. The van der Waals surface area contributed by atoms with Gasteiger partial charge < -0.3 is 14.8 Å². The third-order valence-electron chi connectivity index (χ3n) is 2.11. The quantitative estimate of drug-likeness (QED) is 0.368. The van der Waals surface area contributed by atoms with E-state index in [2.05, 4.69) is 10.1 Å². The van der Waals surface area contributed by atoms with Crippen molar-refractivity contribution in [3.63, 3.8) is 0 Å². The predicted octanol–water partition coefficient (Wildman–Crippen LogP) is 2.25. The molecule has 17 heavy (non-hydrogen) atoms. The zero-order valence-corrected chi connectivity index (χ0v) is 11.0. The average molecular weight is 259 g/mol. The second-order valence-electron chi connectivity index (χ2n) is 3.82. The summed E-state index contributed by atoms with van der Waals surface area (Å²) in [4.78, 5) is 2.13. The SMILES string of the molecule is CN(C)CCCOc1ccc(/C=N/O)cc1.Cl. The molecule has 0 aliphatic rings. The summed E-state index contributed by atoms with van der Waals surface area (Å²) in [7, 11) is 4.09. The predicted molar refractivity (Wildman–Crippen MR) is 71.7 cm³/mol. The van der Waals surface area contributed by atoms with Crippen LogP contribution < -0.4 is 4.74 Å². The van der Waals surface area contributed by atoms with Gasteiger partial charge >= 0.3 is 0 Å². The third kappa shape index (κ3) is 6.81. The largest absolute Gasteiger partial charge is 0.494 e. The standard InChI is InChI=1S/C12H18N2O2.ClH/c1-14(2)8-3-9-16-12-6-4-11(5-7-12)10-13-15;/h4-7,10,15H,3,8-9H2,1-2H3;1H/b13-10+;. The minimum absolute atomic E-state index is 0. The first-order valence-electron chi connectivity index (χ1n) is 5.27. The smallest absolute Gasteiger partial charge is 0.119 e. The molecule has 1 N–H and O–H groups in total. The van der Waals surface area contributed by atoms with E-state index in [1.165, 1.54) is 6.21 Å². The van der Waals surface area contributed by atoms with Gasteiger partial charge in [-0.05, 0) is 50.3 Å². The fourth-order valence-corrected chi connectivity index (χ4v) is 1.29. The van der Waals surface area contributed by atoms with Gasteiger partial charge in [-0.3, -0.25) is 0 Å². The molecule has 0 atom stereocenters. The Morgan fingerprint density at radius 1 is 1.29 bits per heavy atom. The third-order valence-corrected chi connectivity index (χ3v) is 2.11. The van der Waals surface area contributed by atoms with Crippen LogP contribution in [-0.4, -0.2) is 43.6 Å². The molecular formula is C12H19ClN2O2. The van der Waals surface area contributed by atoms with Gasteiger partial charge in [-0.25, -0.2) is 0 Å². The zero-order chi connectivity index (χ0) is 11.8. The summed E-state index contributed by atoms with van der Waals surface area (Å²) in [5.74, 6) is 0.842. The molecule has 0 amide bonds. The highest BCUT2D eigenvalue weighted by atomic mass is 35.5. The van der Waals surface area contributed by atoms with Crippen LogP contribution in [0.15, 0.2) is 29.4 Å². The first-order valence-corrected chi connectivity index (χ1v) is 5.27. The highest BCUT2D eigenvalue weighted by molar-refractivity contribution is 5.85. The number of ether oxygens (including phenoxy) is 1. The van der Waals surface area contributed by atoms with Crippen LogP contribution in [0.4, 0.5) is 0 Å². The number of oxime groups is 1. The molecule has 4 nitrogen and oxygen atoms in total. The highest BCUT2D eigenvalue weighted by Gasteiger charge is 1.95. The van der Waals surface area contributed by atoms with E-state index in [1.807, 2.05) is 38.4 Å². The molecule has 1 rings (SSSR count). The lowest BCUT2D eigenvalue weighted by Gasteiger charge is -2.10. The van der Waals surface area contributed by atoms with Crippen molar-refractivity contribution in [1.82, 2.24) is 4.90 Å². The van der Waals surface area contributed by atoms with Gasteiger partial charge in [-0.15, -0.1) is 12.4 Å². The molecule has 1 aromatic rings. The van der Waals surface area contributed by atoms with Gasteiger partial charge in [0.1, 0.15) is 5.75 Å². The highest BCUT2D eigenvalue weighted by Crippen LogP contribution is 2.11. The fourth-order valence-electron chi connectivity index (χ4n) is 1.29. The molecule has 96 valence electrons. The summed E-state index contributed by atoms with van der Waals surface area (Å²) >= 11 is 0. The van der Waals surface area contributed by atoms with Gasteiger partial charge in [-0.2, -0.15) is 0 Å². The monoisotopic (exact) mass is 258 g/mol. The fraction of sp³-hybridized carbons (Fsp3) is 0.417. The second-order valence-corrected chi connectivity index (χ2v) is 3.82. The molecule has 0 fully saturated rings. The number of nitrogens with zero attached hydrogens (tertiary/aromatic N) is 2. The van der Waals surface area contributed by atoms with Crippen LogP contribution >= 0.6 is 12.4 Å². The van der Waals surface area contributed by atoms with Crippen molar-refractivity contribution in [1.29, 1.82) is 0 Å². The Morgan fingerprint density at radius 3 is 2.47 bits per heavy atom. The molecule has 1 aromatic carbocycles. The lowest BCUT2D eigenvalue weighted by Crippen LogP contribution is -2.15. The molecule has 0 aliphatic carbocycles. The lowest BCUT2D eigenvalue weighted by molar-refractivity contribution is 0.281. The molecule has 0 saturated heterocycles.